The summed E-state index contributed by atoms with van der Waals surface area (Å²) in [5, 5.41) is 5.74. The van der Waals surface area contributed by atoms with Gasteiger partial charge in [-0.2, -0.15) is 5.10 Å². The molecule has 0 aliphatic carbocycles. The molecule has 0 radical (unpaired) electrons. The summed E-state index contributed by atoms with van der Waals surface area (Å²) in [4.78, 5) is 11.5. The maximum atomic E-state index is 11.5. The van der Waals surface area contributed by atoms with Gasteiger partial charge in [0.15, 0.2) is 0 Å². The topological polar surface area (TPSA) is 44.1 Å². The lowest BCUT2D eigenvalue weighted by Crippen LogP contribution is -2.14. The van der Waals surface area contributed by atoms with Gasteiger partial charge in [0.1, 0.15) is 11.7 Å². The fraction of sp³-hybridized carbons (Fsp3) is 0.385. The molecule has 102 valence electrons. The molecule has 0 aliphatic rings. The molecule has 0 atom stereocenters. The third-order valence-electron chi connectivity index (χ3n) is 2.83. The van der Waals surface area contributed by atoms with E-state index in [0.717, 1.165) is 27.4 Å². The van der Waals surface area contributed by atoms with Gasteiger partial charge in [-0.25, -0.2) is 4.68 Å². The van der Waals surface area contributed by atoms with Gasteiger partial charge in [-0.05, 0) is 31.0 Å². The number of nitrogens with zero attached hydrogens (tertiary/aromatic N) is 2. The number of rotatable bonds is 4. The molecule has 1 heterocycles. The summed E-state index contributed by atoms with van der Waals surface area (Å²) in [5.74, 6) is -0.339. The maximum Gasteiger partial charge on any atom is 0.327 e. The molecule has 0 saturated heterocycles. The van der Waals surface area contributed by atoms with E-state index in [0.29, 0.717) is 11.8 Å². The Morgan fingerprint density at radius 3 is 2.84 bits per heavy atom. The number of aromatic nitrogens is 2. The highest BCUT2D eigenvalue weighted by molar-refractivity contribution is 9.10. The monoisotopic (exact) mass is 344 g/mol. The highest BCUT2D eigenvalue weighted by Gasteiger charge is 2.16. The van der Waals surface area contributed by atoms with Gasteiger partial charge in [0.25, 0.3) is 0 Å². The second-order valence-electron chi connectivity index (χ2n) is 4.03. The summed E-state index contributed by atoms with van der Waals surface area (Å²) < 4.78 is 7.39. The van der Waals surface area contributed by atoms with Crippen LogP contribution in [0.25, 0.3) is 10.9 Å². The molecular weight excluding hydrogens is 332 g/mol. The van der Waals surface area contributed by atoms with Gasteiger partial charge in [0, 0.05) is 9.86 Å². The van der Waals surface area contributed by atoms with Gasteiger partial charge in [0.2, 0.25) is 0 Å². The molecule has 0 unspecified atom stereocenters. The second kappa shape index (κ2) is 5.92. The van der Waals surface area contributed by atoms with Gasteiger partial charge in [-0.3, -0.25) is 4.79 Å². The zero-order chi connectivity index (χ0) is 14.0. The van der Waals surface area contributed by atoms with Crippen LogP contribution in [0.15, 0.2) is 16.6 Å². The number of fused-ring (bicyclic) bond motifs is 1. The van der Waals surface area contributed by atoms with Crippen LogP contribution in [0.1, 0.15) is 19.4 Å². The largest absolute Gasteiger partial charge is 0.465 e. The van der Waals surface area contributed by atoms with Crippen molar-refractivity contribution in [1.29, 1.82) is 0 Å². The summed E-state index contributed by atoms with van der Waals surface area (Å²) in [6.07, 6.45) is 0.838. The zero-order valence-electron chi connectivity index (χ0n) is 10.7. The molecule has 2 aromatic rings. The van der Waals surface area contributed by atoms with Crippen LogP contribution in [0.2, 0.25) is 5.15 Å². The summed E-state index contributed by atoms with van der Waals surface area (Å²) in [7, 11) is 0. The van der Waals surface area contributed by atoms with Gasteiger partial charge in [-0.15, -0.1) is 0 Å². The fourth-order valence-electron chi connectivity index (χ4n) is 1.97. The van der Waals surface area contributed by atoms with Crippen LogP contribution >= 0.6 is 27.5 Å². The summed E-state index contributed by atoms with van der Waals surface area (Å²) >= 11 is 9.76. The molecule has 1 aromatic carbocycles. The molecule has 0 N–H and O–H groups in total. The first-order valence-electron chi connectivity index (χ1n) is 6.07. The summed E-state index contributed by atoms with van der Waals surface area (Å²) in [6, 6.07) is 3.85. The highest BCUT2D eigenvalue weighted by atomic mass is 79.9. The molecule has 0 saturated carbocycles. The Morgan fingerprint density at radius 1 is 1.47 bits per heavy atom. The van der Waals surface area contributed by atoms with E-state index in [4.69, 9.17) is 16.3 Å². The third-order valence-corrected chi connectivity index (χ3v) is 3.97. The number of benzene rings is 1. The van der Waals surface area contributed by atoms with Crippen LogP contribution in [0.5, 0.6) is 0 Å². The van der Waals surface area contributed by atoms with Crippen molar-refractivity contribution in [2.45, 2.75) is 26.8 Å². The number of hydrogen-bond donors (Lipinski definition) is 0. The highest BCUT2D eigenvalue weighted by Crippen LogP contribution is 2.30. The lowest BCUT2D eigenvalue weighted by Gasteiger charge is -2.02. The van der Waals surface area contributed by atoms with Gasteiger partial charge in [0.05, 0.1) is 12.1 Å². The number of esters is 1. The van der Waals surface area contributed by atoms with Crippen molar-refractivity contribution in [2.24, 2.45) is 0 Å². The van der Waals surface area contributed by atoms with E-state index in [9.17, 15) is 4.79 Å². The minimum absolute atomic E-state index is 0.0299. The second-order valence-corrected chi connectivity index (χ2v) is 5.24. The minimum Gasteiger partial charge on any atom is -0.465 e. The normalized spacial score (nSPS) is 10.9. The van der Waals surface area contributed by atoms with Gasteiger partial charge < -0.3 is 4.74 Å². The van der Waals surface area contributed by atoms with Crippen LogP contribution in [-0.2, 0) is 22.5 Å². The lowest BCUT2D eigenvalue weighted by atomic mass is 10.1. The van der Waals surface area contributed by atoms with Crippen molar-refractivity contribution in [1.82, 2.24) is 9.78 Å². The van der Waals surface area contributed by atoms with E-state index < -0.39 is 0 Å². The van der Waals surface area contributed by atoms with Gasteiger partial charge in [-0.1, -0.05) is 34.5 Å². The molecule has 2 rings (SSSR count). The molecule has 0 bridgehead atoms. The predicted octanol–water partition coefficient (Wildman–Crippen LogP) is 3.58. The zero-order valence-corrected chi connectivity index (χ0v) is 13.1. The Bertz CT molecular complexity index is 625. The number of halogens is 2. The smallest absolute Gasteiger partial charge is 0.327 e. The van der Waals surface area contributed by atoms with E-state index in [-0.39, 0.29) is 12.5 Å². The van der Waals surface area contributed by atoms with E-state index >= 15 is 0 Å². The summed E-state index contributed by atoms with van der Waals surface area (Å²) in [6.45, 7) is 4.20. The first kappa shape index (κ1) is 14.3. The number of carbonyl (C=O) groups is 1. The standard InChI is InChI=1S/C13H14BrClN2O2/c1-3-8-10(14)6-5-9-12(8)16-17(13(9)15)7-11(18)19-4-2/h5-6H,3-4,7H2,1-2H3. The van der Waals surface area contributed by atoms with Crippen LogP contribution in [-0.4, -0.2) is 22.4 Å². The quantitative estimate of drug-likeness (QED) is 0.796. The van der Waals surface area contributed by atoms with E-state index in [1.54, 1.807) is 6.92 Å². The molecule has 19 heavy (non-hydrogen) atoms. The minimum atomic E-state index is -0.339. The van der Waals surface area contributed by atoms with Gasteiger partial charge >= 0.3 is 5.97 Å². The predicted molar refractivity (Wildman–Crippen MR) is 78.5 cm³/mol. The molecule has 0 spiro atoms. The number of ether oxygens (including phenoxy) is 1. The average Bonchev–Trinajstić information content (AvgIpc) is 2.67. The molecule has 6 heteroatoms. The molecule has 0 aliphatic heterocycles. The Labute approximate surface area is 124 Å². The fourth-order valence-corrected chi connectivity index (χ4v) is 2.82. The number of aryl methyl sites for hydroxylation is 1. The maximum absolute atomic E-state index is 11.5. The molecule has 1 aromatic heterocycles. The Kier molecular flexibility index (Phi) is 4.47. The summed E-state index contributed by atoms with van der Waals surface area (Å²) in [5.41, 5.74) is 1.91. The van der Waals surface area contributed by atoms with E-state index in [1.165, 1.54) is 4.68 Å². The van der Waals surface area contributed by atoms with Crippen LogP contribution in [0, 0.1) is 0 Å². The Balaban J connectivity index is 2.47. The first-order chi connectivity index (χ1) is 9.08. The molecule has 0 amide bonds. The Hall–Kier alpha value is -1.07. The SMILES string of the molecule is CCOC(=O)Cn1nc2c(CC)c(Br)ccc2c1Cl. The van der Waals surface area contributed by atoms with Crippen molar-refractivity contribution in [3.63, 3.8) is 0 Å². The van der Waals surface area contributed by atoms with Crippen LogP contribution in [0.3, 0.4) is 0 Å². The first-order valence-corrected chi connectivity index (χ1v) is 7.24. The van der Waals surface area contributed by atoms with Crippen molar-refractivity contribution < 1.29 is 9.53 Å². The van der Waals surface area contributed by atoms with Crippen molar-refractivity contribution in [2.75, 3.05) is 6.61 Å². The van der Waals surface area contributed by atoms with Crippen molar-refractivity contribution >= 4 is 44.4 Å². The van der Waals surface area contributed by atoms with E-state index in [1.807, 2.05) is 12.1 Å². The van der Waals surface area contributed by atoms with Crippen LogP contribution in [0.4, 0.5) is 0 Å². The third kappa shape index (κ3) is 2.77. The van der Waals surface area contributed by atoms with Crippen molar-refractivity contribution in [3.8, 4) is 0 Å². The number of hydrogen-bond acceptors (Lipinski definition) is 3. The average molecular weight is 346 g/mol. The Morgan fingerprint density at radius 2 is 2.21 bits per heavy atom. The molecular formula is C13H14BrClN2O2. The van der Waals surface area contributed by atoms with Crippen LogP contribution < -0.4 is 0 Å². The lowest BCUT2D eigenvalue weighted by molar-refractivity contribution is -0.144. The number of carbonyl (C=O) groups excluding carboxylic acids is 1. The van der Waals surface area contributed by atoms with E-state index in [2.05, 4.69) is 28.0 Å². The molecule has 0 fully saturated rings. The molecule has 4 nitrogen and oxygen atoms in total. The van der Waals surface area contributed by atoms with Crippen molar-refractivity contribution in [3.05, 3.63) is 27.3 Å².